The summed E-state index contributed by atoms with van der Waals surface area (Å²) in [6.07, 6.45) is -0.161. The Kier molecular flexibility index (Phi) is 6.43. The molecule has 1 heterocycles. The van der Waals surface area contributed by atoms with Crippen LogP contribution in [-0.2, 0) is 17.0 Å². The van der Waals surface area contributed by atoms with Crippen molar-refractivity contribution in [1.82, 2.24) is 9.97 Å². The maximum absolute atomic E-state index is 13.7. The van der Waals surface area contributed by atoms with Gasteiger partial charge in [-0.3, -0.25) is 9.59 Å². The smallest absolute Gasteiger partial charge is 0.251 e. The average molecular weight is 422 g/mol. The number of carbonyl (C=O) groups excluding carboxylic acids is 1. The van der Waals surface area contributed by atoms with Crippen LogP contribution in [-0.4, -0.2) is 15.9 Å². The molecule has 0 atom stereocenters. The average Bonchev–Trinajstić information content (AvgIpc) is 2.63. The van der Waals surface area contributed by atoms with Gasteiger partial charge >= 0.3 is 0 Å². The first kappa shape index (κ1) is 20.0. The number of anilines is 1. The van der Waals surface area contributed by atoms with Crippen LogP contribution >= 0.6 is 23.4 Å². The van der Waals surface area contributed by atoms with Crippen LogP contribution in [0.4, 0.5) is 14.5 Å². The summed E-state index contributed by atoms with van der Waals surface area (Å²) in [5.74, 6) is -1.09. The van der Waals surface area contributed by atoms with E-state index in [0.29, 0.717) is 11.3 Å². The Morgan fingerprint density at radius 1 is 1.14 bits per heavy atom. The fraction of sp³-hybridized carbons (Fsp3) is 0.105. The van der Waals surface area contributed by atoms with Crippen molar-refractivity contribution < 1.29 is 13.6 Å². The van der Waals surface area contributed by atoms with Gasteiger partial charge in [0.15, 0.2) is 5.16 Å². The van der Waals surface area contributed by atoms with Crippen molar-refractivity contribution >= 4 is 35.0 Å². The van der Waals surface area contributed by atoms with Gasteiger partial charge in [-0.15, -0.1) is 0 Å². The Morgan fingerprint density at radius 3 is 2.68 bits per heavy atom. The molecule has 0 fully saturated rings. The molecule has 0 aliphatic rings. The topological polar surface area (TPSA) is 74.8 Å². The summed E-state index contributed by atoms with van der Waals surface area (Å²) >= 11 is 6.84. The van der Waals surface area contributed by atoms with Crippen molar-refractivity contribution in [2.45, 2.75) is 17.3 Å². The summed E-state index contributed by atoms with van der Waals surface area (Å²) in [5, 5.41) is 2.73. The zero-order chi connectivity index (χ0) is 20.1. The molecular weight excluding hydrogens is 408 g/mol. The van der Waals surface area contributed by atoms with Gasteiger partial charge in [-0.2, -0.15) is 0 Å². The van der Waals surface area contributed by atoms with Crippen LogP contribution < -0.4 is 10.9 Å². The van der Waals surface area contributed by atoms with E-state index in [1.807, 2.05) is 0 Å². The predicted molar refractivity (Wildman–Crippen MR) is 105 cm³/mol. The molecule has 9 heteroatoms. The van der Waals surface area contributed by atoms with Gasteiger partial charge in [-0.05, 0) is 29.8 Å². The summed E-state index contributed by atoms with van der Waals surface area (Å²) in [6.45, 7) is 0. The van der Waals surface area contributed by atoms with Gasteiger partial charge in [0.1, 0.15) is 11.6 Å². The molecule has 0 radical (unpaired) electrons. The number of H-pyrrole nitrogens is 1. The molecule has 3 rings (SSSR count). The van der Waals surface area contributed by atoms with E-state index >= 15 is 0 Å². The van der Waals surface area contributed by atoms with Crippen molar-refractivity contribution in [1.29, 1.82) is 0 Å². The Balaban J connectivity index is 1.67. The van der Waals surface area contributed by atoms with Crippen LogP contribution in [0.3, 0.4) is 0 Å². The Labute approximate surface area is 168 Å². The van der Waals surface area contributed by atoms with Crippen LogP contribution in [0.25, 0.3) is 0 Å². The number of nitrogens with zero attached hydrogens (tertiary/aromatic N) is 1. The molecule has 0 spiro atoms. The maximum atomic E-state index is 13.7. The van der Waals surface area contributed by atoms with Gasteiger partial charge in [0.2, 0.25) is 5.91 Å². The molecule has 0 aliphatic carbocycles. The fourth-order valence-corrected chi connectivity index (χ4v) is 3.41. The second-order valence-electron chi connectivity index (χ2n) is 5.78. The minimum absolute atomic E-state index is 0.112. The number of halogens is 3. The Bertz CT molecular complexity index is 1080. The molecule has 3 aromatic rings. The third kappa shape index (κ3) is 5.40. The Morgan fingerprint density at radius 2 is 1.93 bits per heavy atom. The molecule has 0 bridgehead atoms. The summed E-state index contributed by atoms with van der Waals surface area (Å²) in [6, 6.07) is 11.3. The SMILES string of the molecule is O=C(Cc1cc(=O)[nH]c(SCc2ccccc2F)n1)Nc1ccc(F)c(Cl)c1. The zero-order valence-electron chi connectivity index (χ0n) is 14.3. The molecule has 2 aromatic carbocycles. The number of thioether (sulfide) groups is 1. The molecule has 0 saturated heterocycles. The van der Waals surface area contributed by atoms with Gasteiger partial charge in [0.25, 0.3) is 5.56 Å². The van der Waals surface area contributed by atoms with Crippen LogP contribution in [0.2, 0.25) is 5.02 Å². The number of aromatic amines is 1. The molecule has 0 saturated carbocycles. The number of hydrogen-bond acceptors (Lipinski definition) is 4. The van der Waals surface area contributed by atoms with Gasteiger partial charge in [-0.1, -0.05) is 41.6 Å². The Hall–Kier alpha value is -2.71. The minimum Gasteiger partial charge on any atom is -0.326 e. The highest BCUT2D eigenvalue weighted by Crippen LogP contribution is 2.21. The monoisotopic (exact) mass is 421 g/mol. The summed E-state index contributed by atoms with van der Waals surface area (Å²) < 4.78 is 26.9. The highest BCUT2D eigenvalue weighted by molar-refractivity contribution is 7.98. The molecule has 1 amide bonds. The number of aromatic nitrogens is 2. The van der Waals surface area contributed by atoms with Crippen molar-refractivity contribution in [3.05, 3.63) is 86.8 Å². The number of nitrogens with one attached hydrogen (secondary N) is 2. The van der Waals surface area contributed by atoms with Crippen LogP contribution in [0, 0.1) is 11.6 Å². The van der Waals surface area contributed by atoms with E-state index in [9.17, 15) is 18.4 Å². The minimum atomic E-state index is -0.590. The highest BCUT2D eigenvalue weighted by Gasteiger charge is 2.10. The number of rotatable bonds is 6. The number of benzene rings is 2. The lowest BCUT2D eigenvalue weighted by Crippen LogP contribution is -2.18. The van der Waals surface area contributed by atoms with Gasteiger partial charge in [-0.25, -0.2) is 13.8 Å². The van der Waals surface area contributed by atoms with E-state index in [4.69, 9.17) is 11.6 Å². The molecule has 0 unspecified atom stereocenters. The first-order chi connectivity index (χ1) is 13.4. The zero-order valence-corrected chi connectivity index (χ0v) is 15.9. The molecule has 2 N–H and O–H groups in total. The highest BCUT2D eigenvalue weighted by atomic mass is 35.5. The predicted octanol–water partition coefficient (Wildman–Crippen LogP) is 4.18. The van der Waals surface area contributed by atoms with Gasteiger partial charge in [0, 0.05) is 17.5 Å². The van der Waals surface area contributed by atoms with Crippen molar-refractivity contribution in [3.8, 4) is 0 Å². The van der Waals surface area contributed by atoms with E-state index in [-0.39, 0.29) is 33.9 Å². The van der Waals surface area contributed by atoms with Gasteiger partial charge < -0.3 is 10.3 Å². The first-order valence-electron chi connectivity index (χ1n) is 8.12. The summed E-state index contributed by atoms with van der Waals surface area (Å²) in [5.41, 5.74) is 0.644. The summed E-state index contributed by atoms with van der Waals surface area (Å²) in [4.78, 5) is 30.8. The molecule has 5 nitrogen and oxygen atoms in total. The summed E-state index contributed by atoms with van der Waals surface area (Å²) in [7, 11) is 0. The van der Waals surface area contributed by atoms with E-state index < -0.39 is 17.3 Å². The van der Waals surface area contributed by atoms with E-state index in [1.165, 1.54) is 24.3 Å². The van der Waals surface area contributed by atoms with Crippen molar-refractivity contribution in [2.24, 2.45) is 0 Å². The lowest BCUT2D eigenvalue weighted by Gasteiger charge is -2.07. The van der Waals surface area contributed by atoms with Crippen LogP contribution in [0.5, 0.6) is 0 Å². The van der Waals surface area contributed by atoms with Crippen LogP contribution in [0.1, 0.15) is 11.3 Å². The van der Waals surface area contributed by atoms with E-state index in [2.05, 4.69) is 15.3 Å². The molecule has 1 aromatic heterocycles. The fourth-order valence-electron chi connectivity index (χ4n) is 2.35. The number of amides is 1. The third-order valence-corrected chi connectivity index (χ3v) is 4.85. The standard InChI is InChI=1S/C19H14ClF2N3O2S/c20-14-7-12(5-6-16(14)22)23-17(26)8-13-9-18(27)25-19(24-13)28-10-11-3-1-2-4-15(11)21/h1-7,9H,8,10H2,(H,23,26)(H,24,25,27). The molecule has 28 heavy (non-hydrogen) atoms. The number of hydrogen-bond donors (Lipinski definition) is 2. The third-order valence-electron chi connectivity index (χ3n) is 3.64. The first-order valence-corrected chi connectivity index (χ1v) is 9.48. The lowest BCUT2D eigenvalue weighted by molar-refractivity contribution is -0.115. The van der Waals surface area contributed by atoms with E-state index in [0.717, 1.165) is 17.8 Å². The lowest BCUT2D eigenvalue weighted by atomic mass is 10.2. The second kappa shape index (κ2) is 8.99. The van der Waals surface area contributed by atoms with Gasteiger partial charge in [0.05, 0.1) is 17.1 Å². The van der Waals surface area contributed by atoms with E-state index in [1.54, 1.807) is 18.2 Å². The molecule has 144 valence electrons. The van der Waals surface area contributed by atoms with Crippen molar-refractivity contribution in [2.75, 3.05) is 5.32 Å². The number of carbonyl (C=O) groups is 1. The maximum Gasteiger partial charge on any atom is 0.251 e. The van der Waals surface area contributed by atoms with Crippen LogP contribution in [0.15, 0.2) is 58.5 Å². The quantitative estimate of drug-likeness (QED) is 0.462. The second-order valence-corrected chi connectivity index (χ2v) is 7.15. The largest absolute Gasteiger partial charge is 0.326 e. The molecule has 0 aliphatic heterocycles. The normalized spacial score (nSPS) is 10.7. The molecular formula is C19H14ClF2N3O2S. The van der Waals surface area contributed by atoms with Crippen molar-refractivity contribution in [3.63, 3.8) is 0 Å².